The smallest absolute Gasteiger partial charge is 0.325 e. The molecule has 2 aromatic carbocycles. The van der Waals surface area contributed by atoms with Crippen LogP contribution in [0.1, 0.15) is 5.56 Å². The van der Waals surface area contributed by atoms with Gasteiger partial charge in [0, 0.05) is 5.02 Å². The number of carbonyl (C=O) groups excluding carboxylic acids is 2. The van der Waals surface area contributed by atoms with Crippen molar-refractivity contribution in [2.24, 2.45) is 4.99 Å². The zero-order valence-corrected chi connectivity index (χ0v) is 17.7. The van der Waals surface area contributed by atoms with Crippen molar-refractivity contribution in [3.63, 3.8) is 0 Å². The molecule has 0 fully saturated rings. The van der Waals surface area contributed by atoms with Crippen LogP contribution in [0.3, 0.4) is 0 Å². The van der Waals surface area contributed by atoms with Gasteiger partial charge in [-0.15, -0.1) is 0 Å². The molecule has 0 bridgehead atoms. The normalized spacial score (nSPS) is 11.5. The maximum atomic E-state index is 12.6. The number of rotatable bonds is 6. The highest BCUT2D eigenvalue weighted by Crippen LogP contribution is 2.35. The third kappa shape index (κ3) is 4.60. The molecule has 7 nitrogen and oxygen atoms in total. The van der Waals surface area contributed by atoms with Crippen molar-refractivity contribution in [1.29, 1.82) is 0 Å². The molecule has 0 atom stereocenters. The number of esters is 1. The predicted molar refractivity (Wildman–Crippen MR) is 111 cm³/mol. The van der Waals surface area contributed by atoms with E-state index >= 15 is 0 Å². The average molecular weight is 435 g/mol. The largest absolute Gasteiger partial charge is 0.495 e. The Balaban J connectivity index is 2.12. The first-order chi connectivity index (χ1) is 14.0. The zero-order valence-electron chi connectivity index (χ0n) is 16.1. The first-order valence-corrected chi connectivity index (χ1v) is 9.79. The molecule has 152 valence electrons. The standard InChI is InChI=1S/C20H19ClN2O5S/c1-26-14-8-9-15(27-2)19-18(14)23(11-17(25)28-3)20(29-19)22-16(24)10-12-4-6-13(21)7-5-12/h4-9H,10-11H2,1-3H3. The van der Waals surface area contributed by atoms with Crippen molar-refractivity contribution in [3.8, 4) is 11.5 Å². The van der Waals surface area contributed by atoms with E-state index in [9.17, 15) is 9.59 Å². The summed E-state index contributed by atoms with van der Waals surface area (Å²) >= 11 is 7.13. The van der Waals surface area contributed by atoms with Gasteiger partial charge in [0.1, 0.15) is 28.3 Å². The Hall–Kier alpha value is -2.84. The number of thiazole rings is 1. The Bertz CT molecular complexity index is 1120. The molecule has 0 saturated heterocycles. The predicted octanol–water partition coefficient (Wildman–Crippen LogP) is 3.22. The minimum atomic E-state index is -0.471. The van der Waals surface area contributed by atoms with Crippen molar-refractivity contribution in [1.82, 2.24) is 4.57 Å². The van der Waals surface area contributed by atoms with Gasteiger partial charge in [-0.1, -0.05) is 35.1 Å². The van der Waals surface area contributed by atoms with Crippen LogP contribution < -0.4 is 14.3 Å². The number of aromatic nitrogens is 1. The Morgan fingerprint density at radius 2 is 1.69 bits per heavy atom. The average Bonchev–Trinajstić information content (AvgIpc) is 3.06. The number of benzene rings is 2. The van der Waals surface area contributed by atoms with Crippen molar-refractivity contribution in [2.45, 2.75) is 13.0 Å². The first kappa shape index (κ1) is 20.9. The van der Waals surface area contributed by atoms with E-state index in [0.29, 0.717) is 31.5 Å². The lowest BCUT2D eigenvalue weighted by molar-refractivity contribution is -0.141. The summed E-state index contributed by atoms with van der Waals surface area (Å²) < 4.78 is 18.0. The Kier molecular flexibility index (Phi) is 6.56. The van der Waals surface area contributed by atoms with Crippen LogP contribution in [-0.4, -0.2) is 37.8 Å². The van der Waals surface area contributed by atoms with Gasteiger partial charge < -0.3 is 18.8 Å². The number of carbonyl (C=O) groups is 2. The fourth-order valence-electron chi connectivity index (χ4n) is 2.80. The lowest BCUT2D eigenvalue weighted by atomic mass is 10.1. The van der Waals surface area contributed by atoms with Gasteiger partial charge in [-0.25, -0.2) is 0 Å². The van der Waals surface area contributed by atoms with Gasteiger partial charge >= 0.3 is 5.97 Å². The van der Waals surface area contributed by atoms with Gasteiger partial charge in [-0.3, -0.25) is 9.59 Å². The fraction of sp³-hybridized carbons (Fsp3) is 0.250. The van der Waals surface area contributed by atoms with E-state index in [4.69, 9.17) is 25.8 Å². The van der Waals surface area contributed by atoms with Gasteiger partial charge in [-0.05, 0) is 29.8 Å². The van der Waals surface area contributed by atoms with Crippen molar-refractivity contribution < 1.29 is 23.8 Å². The van der Waals surface area contributed by atoms with Gasteiger partial charge in [0.15, 0.2) is 4.80 Å². The Morgan fingerprint density at radius 1 is 1.03 bits per heavy atom. The van der Waals surface area contributed by atoms with Gasteiger partial charge in [0.2, 0.25) is 0 Å². The van der Waals surface area contributed by atoms with Crippen LogP contribution in [0, 0.1) is 0 Å². The summed E-state index contributed by atoms with van der Waals surface area (Å²) in [6, 6.07) is 10.5. The van der Waals surface area contributed by atoms with Crippen LogP contribution in [-0.2, 0) is 27.3 Å². The number of amides is 1. The number of fused-ring (bicyclic) bond motifs is 1. The quantitative estimate of drug-likeness (QED) is 0.556. The van der Waals surface area contributed by atoms with Gasteiger partial charge in [-0.2, -0.15) is 4.99 Å². The molecule has 0 unspecified atom stereocenters. The van der Waals surface area contributed by atoms with Crippen molar-refractivity contribution >= 4 is 45.0 Å². The van der Waals surface area contributed by atoms with E-state index in [1.54, 1.807) is 48.1 Å². The molecular formula is C20H19ClN2O5S. The highest BCUT2D eigenvalue weighted by molar-refractivity contribution is 7.16. The summed E-state index contributed by atoms with van der Waals surface area (Å²) in [5.41, 5.74) is 1.40. The van der Waals surface area contributed by atoms with Crippen LogP contribution >= 0.6 is 22.9 Å². The van der Waals surface area contributed by atoms with E-state index in [0.717, 1.165) is 5.56 Å². The zero-order chi connectivity index (χ0) is 21.0. The van der Waals surface area contributed by atoms with Crippen molar-refractivity contribution in [3.05, 3.63) is 51.8 Å². The lowest BCUT2D eigenvalue weighted by Crippen LogP contribution is -2.23. The third-order valence-corrected chi connectivity index (χ3v) is 5.54. The molecule has 1 aromatic heterocycles. The summed E-state index contributed by atoms with van der Waals surface area (Å²) in [4.78, 5) is 29.2. The SMILES string of the molecule is COC(=O)Cn1c(=NC(=O)Cc2ccc(Cl)cc2)sc2c(OC)ccc(OC)c21. The highest BCUT2D eigenvalue weighted by Gasteiger charge is 2.18. The number of halogens is 1. The monoisotopic (exact) mass is 434 g/mol. The minimum absolute atomic E-state index is 0.109. The molecule has 0 radical (unpaired) electrons. The topological polar surface area (TPSA) is 79.1 Å². The maximum Gasteiger partial charge on any atom is 0.325 e. The summed E-state index contributed by atoms with van der Waals surface area (Å²) in [6.45, 7) is -0.118. The van der Waals surface area contributed by atoms with Crippen LogP contribution in [0.2, 0.25) is 5.02 Å². The molecule has 3 aromatic rings. The summed E-state index contributed by atoms with van der Waals surface area (Å²) in [6.07, 6.45) is 0.109. The second-order valence-electron chi connectivity index (χ2n) is 6.00. The summed E-state index contributed by atoms with van der Waals surface area (Å²) in [5, 5.41) is 0.595. The molecule has 0 aliphatic carbocycles. The number of methoxy groups -OCH3 is 3. The second kappa shape index (κ2) is 9.11. The number of hydrogen-bond donors (Lipinski definition) is 0. The van der Waals surface area contributed by atoms with E-state index in [1.807, 2.05) is 0 Å². The summed E-state index contributed by atoms with van der Waals surface area (Å²) in [7, 11) is 4.38. The molecule has 0 aliphatic heterocycles. The molecule has 0 spiro atoms. The molecule has 0 saturated carbocycles. The van der Waals surface area contributed by atoms with E-state index in [2.05, 4.69) is 4.99 Å². The molecule has 0 N–H and O–H groups in total. The molecular weight excluding hydrogens is 416 g/mol. The molecule has 29 heavy (non-hydrogen) atoms. The maximum absolute atomic E-state index is 12.6. The van der Waals surface area contributed by atoms with Crippen molar-refractivity contribution in [2.75, 3.05) is 21.3 Å². The van der Waals surface area contributed by atoms with Gasteiger partial charge in [0.05, 0.1) is 27.8 Å². The third-order valence-electron chi connectivity index (χ3n) is 4.20. The van der Waals surface area contributed by atoms with Crippen LogP contribution in [0.15, 0.2) is 41.4 Å². The second-order valence-corrected chi connectivity index (χ2v) is 7.42. The van der Waals surface area contributed by atoms with E-state index in [-0.39, 0.29) is 18.9 Å². The molecule has 9 heteroatoms. The Morgan fingerprint density at radius 3 is 2.31 bits per heavy atom. The van der Waals surface area contributed by atoms with E-state index < -0.39 is 5.97 Å². The summed E-state index contributed by atoms with van der Waals surface area (Å²) in [5.74, 6) is 0.306. The lowest BCUT2D eigenvalue weighted by Gasteiger charge is -2.09. The molecule has 3 rings (SSSR count). The van der Waals surface area contributed by atoms with Crippen LogP contribution in [0.5, 0.6) is 11.5 Å². The Labute approximate surface area is 176 Å². The first-order valence-electron chi connectivity index (χ1n) is 8.60. The molecule has 0 aliphatic rings. The minimum Gasteiger partial charge on any atom is -0.495 e. The van der Waals surface area contributed by atoms with Crippen LogP contribution in [0.25, 0.3) is 10.2 Å². The number of nitrogens with zero attached hydrogens (tertiary/aromatic N) is 2. The number of ether oxygens (including phenoxy) is 3. The fourth-order valence-corrected chi connectivity index (χ4v) is 4.08. The molecule has 1 heterocycles. The van der Waals surface area contributed by atoms with Crippen LogP contribution in [0.4, 0.5) is 0 Å². The van der Waals surface area contributed by atoms with E-state index in [1.165, 1.54) is 25.6 Å². The van der Waals surface area contributed by atoms with Gasteiger partial charge in [0.25, 0.3) is 5.91 Å². The number of hydrogen-bond acceptors (Lipinski definition) is 6. The highest BCUT2D eigenvalue weighted by atomic mass is 35.5. The molecule has 1 amide bonds.